The van der Waals surface area contributed by atoms with Gasteiger partial charge in [0.2, 0.25) is 0 Å². The van der Waals surface area contributed by atoms with Crippen molar-refractivity contribution >= 4 is 11.7 Å². The van der Waals surface area contributed by atoms with Crippen LogP contribution < -0.4 is 9.64 Å². The Morgan fingerprint density at radius 1 is 1.47 bits per heavy atom. The van der Waals surface area contributed by atoms with Crippen LogP contribution in [0, 0.1) is 0 Å². The molecular weight excluding hydrogens is 242 g/mol. The number of hydrogen-bond donors (Lipinski definition) is 1. The van der Waals surface area contributed by atoms with Gasteiger partial charge in [-0.05, 0) is 38.0 Å². The number of ether oxygens (including phenoxy) is 1. The van der Waals surface area contributed by atoms with Gasteiger partial charge < -0.3 is 14.7 Å². The molecule has 0 radical (unpaired) electrons. The first-order chi connectivity index (χ1) is 8.91. The summed E-state index contributed by atoms with van der Waals surface area (Å²) in [5, 5.41) is 8.87. The lowest BCUT2D eigenvalue weighted by molar-refractivity contribution is -0.136. The van der Waals surface area contributed by atoms with Gasteiger partial charge in [0.25, 0.3) is 0 Å². The van der Waals surface area contributed by atoms with E-state index in [-0.39, 0.29) is 12.0 Å². The molecule has 2 rings (SSSR count). The third-order valence-electron chi connectivity index (χ3n) is 3.33. The molecule has 0 fully saturated rings. The zero-order valence-electron chi connectivity index (χ0n) is 11.8. The Balaban J connectivity index is 2.30. The summed E-state index contributed by atoms with van der Waals surface area (Å²) in [7, 11) is 0. The molecule has 0 aromatic heterocycles. The van der Waals surface area contributed by atoms with Crippen LogP contribution in [0.2, 0.25) is 0 Å². The van der Waals surface area contributed by atoms with Gasteiger partial charge in [0.15, 0.2) is 0 Å². The molecule has 1 aromatic rings. The molecule has 4 nitrogen and oxygen atoms in total. The molecule has 104 valence electrons. The van der Waals surface area contributed by atoms with Crippen molar-refractivity contribution in [3.8, 4) is 5.75 Å². The summed E-state index contributed by atoms with van der Waals surface area (Å²) < 4.78 is 5.97. The van der Waals surface area contributed by atoms with Crippen LogP contribution in [0.4, 0.5) is 5.69 Å². The number of aryl methyl sites for hydroxylation is 1. The molecule has 1 aromatic carbocycles. The fraction of sp³-hybridized carbons (Fsp3) is 0.533. The van der Waals surface area contributed by atoms with E-state index in [4.69, 9.17) is 9.84 Å². The minimum absolute atomic E-state index is 0.145. The lowest BCUT2D eigenvalue weighted by atomic mass is 10.0. The first-order valence-corrected chi connectivity index (χ1v) is 6.70. The largest absolute Gasteiger partial charge is 0.484 e. The van der Waals surface area contributed by atoms with Crippen molar-refractivity contribution in [3.05, 3.63) is 23.8 Å². The number of benzene rings is 1. The number of aliphatic carboxylic acids is 1. The number of fused-ring (bicyclic) bond motifs is 1. The third-order valence-corrected chi connectivity index (χ3v) is 3.33. The van der Waals surface area contributed by atoms with Crippen LogP contribution in [0.25, 0.3) is 0 Å². The first-order valence-electron chi connectivity index (χ1n) is 6.70. The highest BCUT2D eigenvalue weighted by Crippen LogP contribution is 2.37. The van der Waals surface area contributed by atoms with E-state index in [1.165, 1.54) is 5.56 Å². The smallest absolute Gasteiger partial charge is 0.305 e. The molecule has 1 N–H and O–H groups in total. The highest BCUT2D eigenvalue weighted by atomic mass is 16.5. The van der Waals surface area contributed by atoms with Crippen molar-refractivity contribution in [2.75, 3.05) is 18.0 Å². The quantitative estimate of drug-likeness (QED) is 0.907. The van der Waals surface area contributed by atoms with Crippen molar-refractivity contribution in [1.82, 2.24) is 0 Å². The van der Waals surface area contributed by atoms with Gasteiger partial charge in [0.05, 0.1) is 18.7 Å². The molecule has 0 aliphatic carbocycles. The highest BCUT2D eigenvalue weighted by Gasteiger charge is 2.31. The summed E-state index contributed by atoms with van der Waals surface area (Å²) in [6.45, 7) is 7.38. The van der Waals surface area contributed by atoms with Crippen LogP contribution in [-0.4, -0.2) is 29.8 Å². The maximum Gasteiger partial charge on any atom is 0.305 e. The zero-order chi connectivity index (χ0) is 14.0. The Kier molecular flexibility index (Phi) is 3.69. The van der Waals surface area contributed by atoms with Gasteiger partial charge in [-0.1, -0.05) is 13.0 Å². The van der Waals surface area contributed by atoms with Crippen molar-refractivity contribution < 1.29 is 14.6 Å². The predicted molar refractivity (Wildman–Crippen MR) is 75.0 cm³/mol. The van der Waals surface area contributed by atoms with Crippen LogP contribution >= 0.6 is 0 Å². The van der Waals surface area contributed by atoms with Gasteiger partial charge in [-0.15, -0.1) is 0 Å². The molecular formula is C15H21NO3. The maximum absolute atomic E-state index is 10.8. The molecule has 19 heavy (non-hydrogen) atoms. The second-order valence-electron chi connectivity index (χ2n) is 5.58. The van der Waals surface area contributed by atoms with Crippen molar-refractivity contribution in [2.45, 2.75) is 39.2 Å². The van der Waals surface area contributed by atoms with Gasteiger partial charge in [-0.25, -0.2) is 0 Å². The van der Waals surface area contributed by atoms with Gasteiger partial charge in [-0.2, -0.15) is 0 Å². The molecule has 1 heterocycles. The summed E-state index contributed by atoms with van der Waals surface area (Å²) in [5.74, 6) is 0.0799. The average molecular weight is 263 g/mol. The van der Waals surface area contributed by atoms with E-state index in [2.05, 4.69) is 24.0 Å². The van der Waals surface area contributed by atoms with Gasteiger partial charge in [-0.3, -0.25) is 4.79 Å². The number of carbonyl (C=O) groups is 1. The average Bonchev–Trinajstić information content (AvgIpc) is 2.34. The maximum atomic E-state index is 10.8. The summed E-state index contributed by atoms with van der Waals surface area (Å²) >= 11 is 0. The van der Waals surface area contributed by atoms with E-state index in [1.54, 1.807) is 0 Å². The molecule has 0 bridgehead atoms. The SMILES string of the molecule is CCc1ccc2c(c1)N(CCC(=O)O)CC(C)(C)O2. The number of carboxylic acids is 1. The molecule has 0 amide bonds. The molecule has 1 aliphatic heterocycles. The second kappa shape index (κ2) is 5.11. The van der Waals surface area contributed by atoms with E-state index in [9.17, 15) is 4.79 Å². The van der Waals surface area contributed by atoms with E-state index in [0.717, 1.165) is 17.9 Å². The van der Waals surface area contributed by atoms with E-state index >= 15 is 0 Å². The zero-order valence-corrected chi connectivity index (χ0v) is 11.8. The monoisotopic (exact) mass is 263 g/mol. The second-order valence-corrected chi connectivity index (χ2v) is 5.58. The normalized spacial score (nSPS) is 16.7. The third kappa shape index (κ3) is 3.19. The molecule has 4 heteroatoms. The summed E-state index contributed by atoms with van der Waals surface area (Å²) in [4.78, 5) is 12.9. The number of hydrogen-bond acceptors (Lipinski definition) is 3. The van der Waals surface area contributed by atoms with Crippen LogP contribution in [0.15, 0.2) is 18.2 Å². The van der Waals surface area contributed by atoms with E-state index < -0.39 is 5.97 Å². The Hall–Kier alpha value is -1.71. The van der Waals surface area contributed by atoms with Gasteiger partial charge >= 0.3 is 5.97 Å². The van der Waals surface area contributed by atoms with Crippen molar-refractivity contribution in [1.29, 1.82) is 0 Å². The summed E-state index contributed by atoms with van der Waals surface area (Å²) in [5.41, 5.74) is 1.96. The first kappa shape index (κ1) is 13.7. The topological polar surface area (TPSA) is 49.8 Å². The molecule has 1 aliphatic rings. The lowest BCUT2D eigenvalue weighted by Crippen LogP contribution is -2.47. The Labute approximate surface area is 114 Å². The number of carboxylic acid groups (broad SMARTS) is 1. The summed E-state index contributed by atoms with van der Waals surface area (Å²) in [6.07, 6.45) is 1.11. The molecule has 0 saturated heterocycles. The Morgan fingerprint density at radius 2 is 2.21 bits per heavy atom. The van der Waals surface area contributed by atoms with Crippen molar-refractivity contribution in [2.24, 2.45) is 0 Å². The Bertz CT molecular complexity index is 482. The van der Waals surface area contributed by atoms with Crippen LogP contribution in [0.5, 0.6) is 5.75 Å². The summed E-state index contributed by atoms with van der Waals surface area (Å²) in [6, 6.07) is 6.16. The standard InChI is InChI=1S/C15H21NO3/c1-4-11-5-6-13-12(9-11)16(8-7-14(17)18)10-15(2,3)19-13/h5-6,9H,4,7-8,10H2,1-3H3,(H,17,18). The van der Waals surface area contributed by atoms with Crippen LogP contribution in [0.3, 0.4) is 0 Å². The van der Waals surface area contributed by atoms with Crippen LogP contribution in [0.1, 0.15) is 32.8 Å². The predicted octanol–water partition coefficient (Wildman–Crippen LogP) is 2.70. The van der Waals surface area contributed by atoms with Crippen LogP contribution in [-0.2, 0) is 11.2 Å². The minimum atomic E-state index is -0.766. The number of rotatable bonds is 4. The molecule has 0 saturated carbocycles. The fourth-order valence-electron chi connectivity index (χ4n) is 2.42. The fourth-order valence-corrected chi connectivity index (χ4v) is 2.42. The molecule has 0 spiro atoms. The number of nitrogens with zero attached hydrogens (tertiary/aromatic N) is 1. The van der Waals surface area contributed by atoms with E-state index in [0.29, 0.717) is 13.1 Å². The minimum Gasteiger partial charge on any atom is -0.484 e. The van der Waals surface area contributed by atoms with E-state index in [1.807, 2.05) is 19.9 Å². The Morgan fingerprint density at radius 3 is 2.84 bits per heavy atom. The lowest BCUT2D eigenvalue weighted by Gasteiger charge is -2.41. The highest BCUT2D eigenvalue weighted by molar-refractivity contribution is 5.69. The van der Waals surface area contributed by atoms with Crippen molar-refractivity contribution in [3.63, 3.8) is 0 Å². The molecule has 0 unspecified atom stereocenters. The van der Waals surface area contributed by atoms with Gasteiger partial charge in [0, 0.05) is 6.54 Å². The molecule has 0 atom stereocenters. The van der Waals surface area contributed by atoms with Gasteiger partial charge in [0.1, 0.15) is 11.4 Å². The number of anilines is 1.